The van der Waals surface area contributed by atoms with Crippen molar-refractivity contribution in [3.8, 4) is 5.75 Å². The van der Waals surface area contributed by atoms with E-state index in [0.717, 1.165) is 24.5 Å². The summed E-state index contributed by atoms with van der Waals surface area (Å²) >= 11 is 0. The predicted molar refractivity (Wildman–Crippen MR) is 74.6 cm³/mol. The molecule has 0 saturated heterocycles. The van der Waals surface area contributed by atoms with E-state index in [4.69, 9.17) is 9.26 Å². The average molecular weight is 273 g/mol. The highest BCUT2D eigenvalue weighted by molar-refractivity contribution is 5.42. The first-order chi connectivity index (χ1) is 9.56. The molecule has 0 radical (unpaired) electrons. The van der Waals surface area contributed by atoms with Crippen molar-refractivity contribution >= 4 is 0 Å². The molecule has 5 nitrogen and oxygen atoms in total. The van der Waals surface area contributed by atoms with Gasteiger partial charge < -0.3 is 14.6 Å². The molecule has 20 heavy (non-hydrogen) atoms. The van der Waals surface area contributed by atoms with Crippen molar-refractivity contribution in [2.45, 2.75) is 38.8 Å². The number of hydrogen-bond acceptors (Lipinski definition) is 5. The Morgan fingerprint density at radius 3 is 2.85 bits per heavy atom. The van der Waals surface area contributed by atoms with Gasteiger partial charge in [0, 0.05) is 25.5 Å². The minimum absolute atomic E-state index is 0.173. The van der Waals surface area contributed by atoms with Gasteiger partial charge in [0.25, 0.3) is 0 Å². The van der Waals surface area contributed by atoms with E-state index in [9.17, 15) is 0 Å². The zero-order chi connectivity index (χ0) is 14.2. The Hall–Kier alpha value is -1.88. The highest BCUT2D eigenvalue weighted by atomic mass is 16.5. The zero-order valence-electron chi connectivity index (χ0n) is 12.0. The second-order valence-corrected chi connectivity index (χ2v) is 5.61. The number of nitrogens with zero attached hydrogens (tertiary/aromatic N) is 2. The van der Waals surface area contributed by atoms with Crippen LogP contribution in [0.15, 0.2) is 28.8 Å². The number of aromatic nitrogens is 2. The van der Waals surface area contributed by atoms with Crippen LogP contribution in [-0.4, -0.2) is 22.3 Å². The van der Waals surface area contributed by atoms with Crippen LogP contribution in [0.4, 0.5) is 0 Å². The number of benzene rings is 1. The predicted octanol–water partition coefficient (Wildman–Crippen LogP) is 2.42. The fraction of sp³-hybridized carbons (Fsp3) is 0.467. The van der Waals surface area contributed by atoms with Gasteiger partial charge >= 0.3 is 0 Å². The van der Waals surface area contributed by atoms with Crippen LogP contribution in [0.1, 0.15) is 37.2 Å². The molecule has 2 heterocycles. The minimum Gasteiger partial charge on any atom is -0.486 e. The van der Waals surface area contributed by atoms with Gasteiger partial charge in [-0.3, -0.25) is 0 Å². The maximum Gasteiger partial charge on any atom is 0.223 e. The van der Waals surface area contributed by atoms with E-state index >= 15 is 0 Å². The van der Waals surface area contributed by atoms with Gasteiger partial charge in [0.1, 0.15) is 11.4 Å². The van der Waals surface area contributed by atoms with Gasteiger partial charge in [0.2, 0.25) is 5.89 Å². The van der Waals surface area contributed by atoms with Gasteiger partial charge in [-0.2, -0.15) is 4.98 Å². The molecule has 1 unspecified atom stereocenters. The normalized spacial score (nSPS) is 19.6. The summed E-state index contributed by atoms with van der Waals surface area (Å²) < 4.78 is 11.0. The Bertz CT molecular complexity index is 607. The monoisotopic (exact) mass is 273 g/mol. The summed E-state index contributed by atoms with van der Waals surface area (Å²) in [6.07, 6.45) is 0.742. The standard InChI is InChI=1S/C15H19N3O2/c1-10-17-13(18-20-10)8-9-16-14-11-6-4-5-7-12(11)19-15(14,2)3/h4-7,14,16H,8-9H2,1-3H3. The second kappa shape index (κ2) is 4.90. The number of fused-ring (bicyclic) bond motifs is 1. The van der Waals surface area contributed by atoms with E-state index in [0.29, 0.717) is 5.89 Å². The summed E-state index contributed by atoms with van der Waals surface area (Å²) in [6.45, 7) is 6.78. The molecule has 1 aliphatic heterocycles. The van der Waals surface area contributed by atoms with Crippen LogP contribution in [0.3, 0.4) is 0 Å². The van der Waals surface area contributed by atoms with Crippen LogP contribution < -0.4 is 10.1 Å². The Balaban J connectivity index is 1.67. The van der Waals surface area contributed by atoms with Gasteiger partial charge in [-0.05, 0) is 19.9 Å². The molecule has 1 atom stereocenters. The topological polar surface area (TPSA) is 60.2 Å². The number of rotatable bonds is 4. The summed E-state index contributed by atoms with van der Waals surface area (Å²) in [7, 11) is 0. The lowest BCUT2D eigenvalue weighted by molar-refractivity contribution is 0.0967. The summed E-state index contributed by atoms with van der Waals surface area (Å²) in [5, 5.41) is 7.44. The molecule has 2 aromatic rings. The summed E-state index contributed by atoms with van der Waals surface area (Å²) in [5.41, 5.74) is 0.957. The highest BCUT2D eigenvalue weighted by Gasteiger charge is 2.40. The zero-order valence-corrected chi connectivity index (χ0v) is 12.0. The third-order valence-electron chi connectivity index (χ3n) is 3.56. The van der Waals surface area contributed by atoms with E-state index in [1.807, 2.05) is 18.2 Å². The van der Waals surface area contributed by atoms with E-state index < -0.39 is 0 Å². The van der Waals surface area contributed by atoms with Crippen molar-refractivity contribution < 1.29 is 9.26 Å². The van der Waals surface area contributed by atoms with Crippen molar-refractivity contribution in [1.29, 1.82) is 0 Å². The molecule has 1 aliphatic rings. The number of para-hydroxylation sites is 1. The van der Waals surface area contributed by atoms with Crippen LogP contribution in [-0.2, 0) is 6.42 Å². The van der Waals surface area contributed by atoms with Gasteiger partial charge in [0.15, 0.2) is 5.82 Å². The number of hydrogen-bond donors (Lipinski definition) is 1. The molecular weight excluding hydrogens is 254 g/mol. The molecule has 3 rings (SSSR count). The van der Waals surface area contributed by atoms with Gasteiger partial charge in [0.05, 0.1) is 6.04 Å². The summed E-state index contributed by atoms with van der Waals surface area (Å²) in [4.78, 5) is 4.21. The number of nitrogens with one attached hydrogen (secondary N) is 1. The lowest BCUT2D eigenvalue weighted by Gasteiger charge is -2.27. The first-order valence-corrected chi connectivity index (χ1v) is 6.87. The molecule has 5 heteroatoms. The summed E-state index contributed by atoms with van der Waals surface area (Å²) in [6, 6.07) is 8.34. The Kier molecular flexibility index (Phi) is 3.22. The summed E-state index contributed by atoms with van der Waals surface area (Å²) in [5.74, 6) is 2.31. The first kappa shape index (κ1) is 13.1. The Morgan fingerprint density at radius 1 is 1.30 bits per heavy atom. The third kappa shape index (κ3) is 2.41. The van der Waals surface area contributed by atoms with Gasteiger partial charge in [-0.15, -0.1) is 0 Å². The van der Waals surface area contributed by atoms with E-state index in [2.05, 4.69) is 35.4 Å². The maximum absolute atomic E-state index is 6.00. The van der Waals surface area contributed by atoms with Crippen LogP contribution in [0.25, 0.3) is 0 Å². The van der Waals surface area contributed by atoms with Crippen molar-refractivity contribution in [2.75, 3.05) is 6.54 Å². The molecule has 1 aromatic carbocycles. The maximum atomic E-state index is 6.00. The fourth-order valence-electron chi connectivity index (χ4n) is 2.66. The average Bonchev–Trinajstić information content (AvgIpc) is 2.91. The first-order valence-electron chi connectivity index (χ1n) is 6.87. The molecule has 1 N–H and O–H groups in total. The Morgan fingerprint density at radius 2 is 2.10 bits per heavy atom. The quantitative estimate of drug-likeness (QED) is 0.927. The molecule has 0 aliphatic carbocycles. The molecule has 0 fully saturated rings. The molecule has 0 spiro atoms. The van der Waals surface area contributed by atoms with Crippen molar-refractivity contribution in [1.82, 2.24) is 15.5 Å². The van der Waals surface area contributed by atoms with Crippen LogP contribution >= 0.6 is 0 Å². The smallest absolute Gasteiger partial charge is 0.223 e. The lowest BCUT2D eigenvalue weighted by atomic mass is 9.94. The van der Waals surface area contributed by atoms with Gasteiger partial charge in [-0.1, -0.05) is 23.4 Å². The van der Waals surface area contributed by atoms with E-state index in [-0.39, 0.29) is 11.6 Å². The third-order valence-corrected chi connectivity index (χ3v) is 3.56. The number of aryl methyl sites for hydroxylation is 1. The highest BCUT2D eigenvalue weighted by Crippen LogP contribution is 2.42. The van der Waals surface area contributed by atoms with Crippen molar-refractivity contribution in [2.24, 2.45) is 0 Å². The van der Waals surface area contributed by atoms with E-state index in [1.54, 1.807) is 6.92 Å². The molecule has 0 bridgehead atoms. The molecule has 106 valence electrons. The minimum atomic E-state index is -0.253. The van der Waals surface area contributed by atoms with E-state index in [1.165, 1.54) is 5.56 Å². The molecule has 1 aromatic heterocycles. The van der Waals surface area contributed by atoms with Crippen LogP contribution in [0.5, 0.6) is 5.75 Å². The molecule has 0 saturated carbocycles. The van der Waals surface area contributed by atoms with Crippen molar-refractivity contribution in [3.63, 3.8) is 0 Å². The fourth-order valence-corrected chi connectivity index (χ4v) is 2.66. The van der Waals surface area contributed by atoms with Crippen molar-refractivity contribution in [3.05, 3.63) is 41.5 Å². The van der Waals surface area contributed by atoms with Crippen LogP contribution in [0, 0.1) is 6.92 Å². The largest absolute Gasteiger partial charge is 0.486 e. The van der Waals surface area contributed by atoms with Gasteiger partial charge in [-0.25, -0.2) is 0 Å². The molecular formula is C15H19N3O2. The number of ether oxygens (including phenoxy) is 1. The SMILES string of the molecule is Cc1nc(CCNC2c3ccccc3OC2(C)C)no1. The van der Waals surface area contributed by atoms with Crippen LogP contribution in [0.2, 0.25) is 0 Å². The lowest BCUT2D eigenvalue weighted by Crippen LogP contribution is -2.39. The second-order valence-electron chi connectivity index (χ2n) is 5.61. The Labute approximate surface area is 118 Å². The molecule has 0 amide bonds.